The van der Waals surface area contributed by atoms with Crippen molar-refractivity contribution in [2.75, 3.05) is 13.1 Å². The number of carbonyl (C=O) groups is 1. The highest BCUT2D eigenvalue weighted by molar-refractivity contribution is 7.89. The highest BCUT2D eigenvalue weighted by atomic mass is 35.5. The average Bonchev–Trinajstić information content (AvgIpc) is 3.05. The molecule has 114 valence electrons. The van der Waals surface area contributed by atoms with E-state index in [1.807, 2.05) is 6.92 Å². The lowest BCUT2D eigenvalue weighted by molar-refractivity contribution is -0.112. The molecular weight excluding hydrogens is 310 g/mol. The third-order valence-electron chi connectivity index (χ3n) is 4.70. The van der Waals surface area contributed by atoms with E-state index in [9.17, 15) is 13.2 Å². The molecule has 1 saturated carbocycles. The molecule has 0 bridgehead atoms. The number of aldehydes is 1. The zero-order valence-corrected chi connectivity index (χ0v) is 13.5. The minimum absolute atomic E-state index is 0.212. The quantitative estimate of drug-likeness (QED) is 0.632. The van der Waals surface area contributed by atoms with Crippen LogP contribution in [0.2, 0.25) is 0 Å². The van der Waals surface area contributed by atoms with Crippen molar-refractivity contribution in [3.8, 4) is 0 Å². The average molecular weight is 328 g/mol. The van der Waals surface area contributed by atoms with Crippen LogP contribution in [0.15, 0.2) is 29.2 Å². The summed E-state index contributed by atoms with van der Waals surface area (Å²) in [6.07, 6.45) is 2.82. The van der Waals surface area contributed by atoms with E-state index in [0.717, 1.165) is 11.8 Å². The molecule has 0 radical (unpaired) electrons. The van der Waals surface area contributed by atoms with Gasteiger partial charge in [0.2, 0.25) is 10.0 Å². The van der Waals surface area contributed by atoms with Crippen LogP contribution in [-0.4, -0.2) is 37.0 Å². The maximum Gasteiger partial charge on any atom is 0.243 e. The predicted molar refractivity (Wildman–Crippen MR) is 80.9 cm³/mol. The Balaban J connectivity index is 1.90. The lowest BCUT2D eigenvalue weighted by atomic mass is 10.00. The van der Waals surface area contributed by atoms with Crippen molar-refractivity contribution in [1.82, 2.24) is 4.31 Å². The Labute approximate surface area is 130 Å². The van der Waals surface area contributed by atoms with Crippen molar-refractivity contribution >= 4 is 27.9 Å². The number of carbonyl (C=O) groups excluding carboxylic acids is 1. The molecule has 0 unspecified atom stereocenters. The summed E-state index contributed by atoms with van der Waals surface area (Å²) in [5.74, 6) is 0. The van der Waals surface area contributed by atoms with E-state index in [0.29, 0.717) is 25.8 Å². The van der Waals surface area contributed by atoms with Crippen molar-refractivity contribution < 1.29 is 13.2 Å². The monoisotopic (exact) mass is 327 g/mol. The van der Waals surface area contributed by atoms with E-state index >= 15 is 0 Å². The van der Waals surface area contributed by atoms with Gasteiger partial charge in [0, 0.05) is 18.5 Å². The predicted octanol–water partition coefficient (Wildman–Crippen LogP) is 2.35. The third-order valence-corrected chi connectivity index (χ3v) is 7.19. The fraction of sp³-hybridized carbons (Fsp3) is 0.533. The molecule has 1 aromatic carbocycles. The number of rotatable bonds is 3. The lowest BCUT2D eigenvalue weighted by Gasteiger charge is -2.23. The fourth-order valence-corrected chi connectivity index (χ4v) is 5.31. The molecule has 1 aliphatic carbocycles. The molecule has 6 heteroatoms. The number of aryl methyl sites for hydroxylation is 1. The first-order chi connectivity index (χ1) is 9.83. The Morgan fingerprint density at radius 1 is 1.29 bits per heavy atom. The van der Waals surface area contributed by atoms with Crippen LogP contribution in [0.3, 0.4) is 0 Å². The van der Waals surface area contributed by atoms with Gasteiger partial charge in [-0.05, 0) is 38.3 Å². The molecule has 0 aromatic heterocycles. The van der Waals surface area contributed by atoms with Crippen molar-refractivity contribution in [3.05, 3.63) is 29.8 Å². The van der Waals surface area contributed by atoms with Crippen LogP contribution < -0.4 is 0 Å². The summed E-state index contributed by atoms with van der Waals surface area (Å²) in [4.78, 5) is 10.9. The molecule has 1 aromatic rings. The minimum Gasteiger partial charge on any atom is -0.303 e. The van der Waals surface area contributed by atoms with Gasteiger partial charge < -0.3 is 4.79 Å². The van der Waals surface area contributed by atoms with Gasteiger partial charge in [-0.15, -0.1) is 11.6 Å². The van der Waals surface area contributed by atoms with Gasteiger partial charge in [-0.25, -0.2) is 8.42 Å². The van der Waals surface area contributed by atoms with Crippen LogP contribution in [0.25, 0.3) is 0 Å². The summed E-state index contributed by atoms with van der Waals surface area (Å²) in [7, 11) is -3.55. The van der Waals surface area contributed by atoms with Crippen molar-refractivity contribution in [1.29, 1.82) is 0 Å². The molecule has 21 heavy (non-hydrogen) atoms. The van der Waals surface area contributed by atoms with E-state index in [-0.39, 0.29) is 11.4 Å². The number of sulfonamides is 1. The van der Waals surface area contributed by atoms with Crippen LogP contribution in [-0.2, 0) is 14.8 Å². The van der Waals surface area contributed by atoms with Gasteiger partial charge in [0.1, 0.15) is 6.29 Å². The van der Waals surface area contributed by atoms with Gasteiger partial charge in [-0.2, -0.15) is 4.31 Å². The van der Waals surface area contributed by atoms with Gasteiger partial charge in [0.05, 0.1) is 9.77 Å². The SMILES string of the molecule is Cc1ccc(S(=O)(=O)N2CCC[C@]3(C=O)C[C@]3(Cl)C2)cc1. The van der Waals surface area contributed by atoms with Gasteiger partial charge in [0.15, 0.2) is 0 Å². The molecule has 4 nitrogen and oxygen atoms in total. The zero-order valence-electron chi connectivity index (χ0n) is 11.9. The number of hydrogen-bond donors (Lipinski definition) is 0. The molecule has 0 amide bonds. The van der Waals surface area contributed by atoms with Gasteiger partial charge >= 0.3 is 0 Å². The summed E-state index contributed by atoms with van der Waals surface area (Å²) >= 11 is 6.48. The van der Waals surface area contributed by atoms with Crippen LogP contribution >= 0.6 is 11.6 Å². The van der Waals surface area contributed by atoms with Gasteiger partial charge in [-0.3, -0.25) is 0 Å². The zero-order chi connectivity index (χ0) is 15.3. The smallest absolute Gasteiger partial charge is 0.243 e. The third kappa shape index (κ3) is 2.31. The standard InChI is InChI=1S/C15H18ClNO3S/c1-12-3-5-13(6-4-12)21(19,20)17-8-2-7-14(11-18)9-15(14,16)10-17/h3-6,11H,2,7-10H2,1H3/t14-,15+/m1/s1. The molecule has 1 saturated heterocycles. The molecule has 3 rings (SSSR count). The van der Waals surface area contributed by atoms with Crippen molar-refractivity contribution in [3.63, 3.8) is 0 Å². The Morgan fingerprint density at radius 2 is 1.95 bits per heavy atom. The summed E-state index contributed by atoms with van der Waals surface area (Å²) in [6.45, 7) is 2.54. The minimum atomic E-state index is -3.55. The number of halogens is 1. The lowest BCUT2D eigenvalue weighted by Crippen LogP contribution is -2.37. The van der Waals surface area contributed by atoms with Gasteiger partial charge in [-0.1, -0.05) is 17.7 Å². The number of alkyl halides is 1. The van der Waals surface area contributed by atoms with Crippen LogP contribution in [0.5, 0.6) is 0 Å². The topological polar surface area (TPSA) is 54.5 Å². The Morgan fingerprint density at radius 3 is 2.57 bits per heavy atom. The summed E-state index contributed by atoms with van der Waals surface area (Å²) in [6, 6.07) is 6.81. The van der Waals surface area contributed by atoms with Crippen molar-refractivity contribution in [2.45, 2.75) is 36.0 Å². The van der Waals surface area contributed by atoms with E-state index in [2.05, 4.69) is 0 Å². The molecule has 2 aliphatic rings. The molecule has 0 N–H and O–H groups in total. The van der Waals surface area contributed by atoms with Crippen LogP contribution in [0.4, 0.5) is 0 Å². The first kappa shape index (κ1) is 15.0. The van der Waals surface area contributed by atoms with Crippen LogP contribution in [0.1, 0.15) is 24.8 Å². The summed E-state index contributed by atoms with van der Waals surface area (Å²) in [5, 5.41) is 0. The number of benzene rings is 1. The maximum absolute atomic E-state index is 12.7. The number of nitrogens with zero attached hydrogens (tertiary/aromatic N) is 1. The van der Waals surface area contributed by atoms with Crippen molar-refractivity contribution in [2.24, 2.45) is 5.41 Å². The molecule has 1 heterocycles. The molecule has 2 atom stereocenters. The molecular formula is C15H18ClNO3S. The van der Waals surface area contributed by atoms with E-state index in [1.54, 1.807) is 24.3 Å². The first-order valence-electron chi connectivity index (χ1n) is 7.05. The Bertz CT molecular complexity index is 673. The Hall–Kier alpha value is -0.910. The fourth-order valence-electron chi connectivity index (χ4n) is 3.18. The van der Waals surface area contributed by atoms with Gasteiger partial charge in [0.25, 0.3) is 0 Å². The summed E-state index contributed by atoms with van der Waals surface area (Å²) < 4.78 is 26.9. The second-order valence-electron chi connectivity index (χ2n) is 6.17. The highest BCUT2D eigenvalue weighted by Gasteiger charge is 2.68. The molecule has 1 aliphatic heterocycles. The molecule has 2 fully saturated rings. The number of fused-ring (bicyclic) bond motifs is 1. The molecule has 0 spiro atoms. The largest absolute Gasteiger partial charge is 0.303 e. The number of hydrogen-bond acceptors (Lipinski definition) is 3. The van der Waals surface area contributed by atoms with E-state index < -0.39 is 20.3 Å². The highest BCUT2D eigenvalue weighted by Crippen LogP contribution is 2.63. The van der Waals surface area contributed by atoms with E-state index in [1.165, 1.54) is 4.31 Å². The first-order valence-corrected chi connectivity index (χ1v) is 8.87. The second-order valence-corrected chi connectivity index (χ2v) is 8.83. The summed E-state index contributed by atoms with van der Waals surface area (Å²) in [5.41, 5.74) is 0.493. The normalized spacial score (nSPS) is 33.0. The maximum atomic E-state index is 12.7. The van der Waals surface area contributed by atoms with Crippen LogP contribution in [0, 0.1) is 12.3 Å². The van der Waals surface area contributed by atoms with E-state index in [4.69, 9.17) is 11.6 Å². The second kappa shape index (κ2) is 4.80. The Kier molecular flexibility index (Phi) is 3.43.